The highest BCUT2D eigenvalue weighted by Gasteiger charge is 2.09. The van der Waals surface area contributed by atoms with Gasteiger partial charge in [-0.25, -0.2) is 4.98 Å². The van der Waals surface area contributed by atoms with Crippen molar-refractivity contribution in [1.82, 2.24) is 4.98 Å². The first-order valence-electron chi connectivity index (χ1n) is 4.77. The third-order valence-electron chi connectivity index (χ3n) is 2.24. The molecule has 0 aromatic carbocycles. The lowest BCUT2D eigenvalue weighted by molar-refractivity contribution is -0.603. The van der Waals surface area contributed by atoms with Crippen LogP contribution in [0.1, 0.15) is 5.56 Å². The zero-order valence-corrected chi connectivity index (χ0v) is 10.1. The van der Waals surface area contributed by atoms with Crippen molar-refractivity contribution in [1.29, 1.82) is 0 Å². The molecule has 0 N–H and O–H groups in total. The number of nitrogens with zero attached hydrogens (tertiary/aromatic N) is 2. The number of aryl methyl sites for hydroxylation is 1. The third-order valence-corrected chi connectivity index (χ3v) is 4.50. The molecule has 3 aromatic heterocycles. The first kappa shape index (κ1) is 9.74. The Morgan fingerprint density at radius 2 is 2.31 bits per heavy atom. The Bertz CT molecular complexity index is 657. The van der Waals surface area contributed by atoms with Crippen molar-refractivity contribution >= 4 is 32.9 Å². The molecule has 5 heteroatoms. The highest BCUT2D eigenvalue weighted by molar-refractivity contribution is 7.25. The Morgan fingerprint density at radius 3 is 3.06 bits per heavy atom. The minimum Gasteiger partial charge on any atom is -0.619 e. The molecule has 0 aliphatic heterocycles. The highest BCUT2D eigenvalue weighted by Crippen LogP contribution is 2.33. The van der Waals surface area contributed by atoms with Gasteiger partial charge in [-0.2, -0.15) is 4.73 Å². The van der Waals surface area contributed by atoms with E-state index >= 15 is 0 Å². The second-order valence-corrected chi connectivity index (χ2v) is 5.50. The van der Waals surface area contributed by atoms with Gasteiger partial charge < -0.3 is 5.21 Å². The first-order chi connectivity index (χ1) is 7.72. The summed E-state index contributed by atoms with van der Waals surface area (Å²) in [5.74, 6) is 0. The molecule has 3 rings (SSSR count). The van der Waals surface area contributed by atoms with Gasteiger partial charge in [-0.05, 0) is 23.9 Å². The van der Waals surface area contributed by atoms with Gasteiger partial charge in [0.2, 0.25) is 6.20 Å². The fourth-order valence-electron chi connectivity index (χ4n) is 1.51. The molecule has 80 valence electrons. The van der Waals surface area contributed by atoms with E-state index in [0.717, 1.165) is 24.8 Å². The summed E-state index contributed by atoms with van der Waals surface area (Å²) in [5.41, 5.74) is 2.02. The van der Waals surface area contributed by atoms with Crippen LogP contribution in [0.5, 0.6) is 0 Å². The number of hydrogen-bond donors (Lipinski definition) is 0. The summed E-state index contributed by atoms with van der Waals surface area (Å²) in [6.07, 6.45) is 3.01. The Morgan fingerprint density at radius 1 is 1.44 bits per heavy atom. The predicted octanol–water partition coefficient (Wildman–Crippen LogP) is 2.97. The van der Waals surface area contributed by atoms with E-state index in [2.05, 4.69) is 23.4 Å². The van der Waals surface area contributed by atoms with Crippen molar-refractivity contribution in [2.24, 2.45) is 0 Å². The molecule has 0 radical (unpaired) electrons. The number of pyridine rings is 1. The number of thiophene rings is 1. The number of rotatable bonds is 1. The summed E-state index contributed by atoms with van der Waals surface area (Å²) < 4.78 is 1.83. The van der Waals surface area contributed by atoms with Crippen molar-refractivity contribution in [2.75, 3.05) is 0 Å². The van der Waals surface area contributed by atoms with E-state index in [1.165, 1.54) is 18.0 Å². The maximum atomic E-state index is 11.1. The van der Waals surface area contributed by atoms with Crippen molar-refractivity contribution in [3.8, 4) is 9.88 Å². The minimum atomic E-state index is 0.767. The second kappa shape index (κ2) is 3.54. The van der Waals surface area contributed by atoms with Gasteiger partial charge in [0.1, 0.15) is 10.5 Å². The maximum absolute atomic E-state index is 11.1. The van der Waals surface area contributed by atoms with Gasteiger partial charge in [0, 0.05) is 6.07 Å². The van der Waals surface area contributed by atoms with Gasteiger partial charge in [-0.3, -0.25) is 0 Å². The van der Waals surface area contributed by atoms with Crippen molar-refractivity contribution in [2.45, 2.75) is 6.92 Å². The molecule has 0 saturated heterocycles. The number of fused-ring (bicyclic) bond motifs is 1. The van der Waals surface area contributed by atoms with E-state index in [-0.39, 0.29) is 0 Å². The van der Waals surface area contributed by atoms with Gasteiger partial charge in [-0.1, -0.05) is 0 Å². The van der Waals surface area contributed by atoms with Crippen LogP contribution in [-0.4, -0.2) is 4.98 Å². The fraction of sp³-hybridized carbons (Fsp3) is 0.0909. The molecule has 0 aliphatic carbocycles. The molecular formula is C11H8N2OS2. The molecule has 0 unspecified atom stereocenters. The predicted molar refractivity (Wildman–Crippen MR) is 66.6 cm³/mol. The van der Waals surface area contributed by atoms with E-state index in [0.29, 0.717) is 0 Å². The number of thiazole rings is 1. The molecule has 3 aromatic rings. The summed E-state index contributed by atoms with van der Waals surface area (Å²) in [6.45, 7) is 2.07. The number of aromatic nitrogens is 2. The van der Waals surface area contributed by atoms with Gasteiger partial charge in [0.15, 0.2) is 6.20 Å². The largest absolute Gasteiger partial charge is 0.619 e. The van der Waals surface area contributed by atoms with Crippen LogP contribution >= 0.6 is 22.7 Å². The summed E-state index contributed by atoms with van der Waals surface area (Å²) in [5, 5.41) is 14.2. The monoisotopic (exact) mass is 248 g/mol. The Hall–Kier alpha value is -1.46. The normalized spacial score (nSPS) is 11.1. The van der Waals surface area contributed by atoms with E-state index in [4.69, 9.17) is 0 Å². The highest BCUT2D eigenvalue weighted by atomic mass is 32.1. The smallest absolute Gasteiger partial charge is 0.207 e. The van der Waals surface area contributed by atoms with Crippen molar-refractivity contribution in [3.05, 3.63) is 40.7 Å². The van der Waals surface area contributed by atoms with Crippen LogP contribution in [0.4, 0.5) is 0 Å². The van der Waals surface area contributed by atoms with Crippen LogP contribution in [0.25, 0.3) is 20.1 Å². The molecule has 16 heavy (non-hydrogen) atoms. The van der Waals surface area contributed by atoms with E-state index < -0.39 is 0 Å². The second-order valence-electron chi connectivity index (χ2n) is 3.56. The van der Waals surface area contributed by atoms with Crippen molar-refractivity contribution in [3.63, 3.8) is 0 Å². The van der Waals surface area contributed by atoms with Crippen LogP contribution in [0.2, 0.25) is 0 Å². The quantitative estimate of drug-likeness (QED) is 0.490. The lowest BCUT2D eigenvalue weighted by atomic mass is 10.3. The Balaban J connectivity index is 2.18. The topological polar surface area (TPSA) is 39.8 Å². The van der Waals surface area contributed by atoms with Crippen LogP contribution in [0, 0.1) is 12.1 Å². The lowest BCUT2D eigenvalue weighted by Crippen LogP contribution is -2.23. The molecule has 0 aliphatic rings. The van der Waals surface area contributed by atoms with Crippen LogP contribution < -0.4 is 4.73 Å². The first-order valence-corrected chi connectivity index (χ1v) is 6.47. The van der Waals surface area contributed by atoms with E-state index in [9.17, 15) is 5.21 Å². The molecule has 0 bridgehead atoms. The average Bonchev–Trinajstić information content (AvgIpc) is 2.83. The van der Waals surface area contributed by atoms with Gasteiger partial charge in [0.25, 0.3) is 0 Å². The lowest BCUT2D eigenvalue weighted by Gasteiger charge is -1.91. The minimum absolute atomic E-state index is 0.767. The standard InChI is InChI=1S/C11H8N2OS2/c1-7-4-10(15-6-7)11-12-8-5-13(14)3-2-9(8)16-11/h2-6H,1H3. The van der Waals surface area contributed by atoms with Crippen LogP contribution in [0.15, 0.2) is 29.9 Å². The van der Waals surface area contributed by atoms with Crippen molar-refractivity contribution < 1.29 is 4.73 Å². The third kappa shape index (κ3) is 1.58. The number of hydrogen-bond acceptors (Lipinski definition) is 4. The van der Waals surface area contributed by atoms with Crippen LogP contribution in [0.3, 0.4) is 0 Å². The molecule has 0 amide bonds. The molecule has 0 saturated carbocycles. The zero-order chi connectivity index (χ0) is 11.1. The summed E-state index contributed by atoms with van der Waals surface area (Å²) in [4.78, 5) is 5.63. The summed E-state index contributed by atoms with van der Waals surface area (Å²) in [7, 11) is 0. The maximum Gasteiger partial charge on any atom is 0.207 e. The molecule has 0 atom stereocenters. The van der Waals surface area contributed by atoms with Gasteiger partial charge in [-0.15, -0.1) is 22.7 Å². The molecular weight excluding hydrogens is 240 g/mol. The molecule has 0 fully saturated rings. The molecule has 3 nitrogen and oxygen atoms in total. The van der Waals surface area contributed by atoms with Gasteiger partial charge >= 0.3 is 0 Å². The van der Waals surface area contributed by atoms with E-state index in [1.54, 1.807) is 22.7 Å². The van der Waals surface area contributed by atoms with E-state index in [1.807, 2.05) is 6.07 Å². The Kier molecular flexibility index (Phi) is 2.15. The SMILES string of the molecule is Cc1csc(-c2nc3c[n+]([O-])ccc3s2)c1. The average molecular weight is 248 g/mol. The van der Waals surface area contributed by atoms with Crippen LogP contribution in [-0.2, 0) is 0 Å². The fourth-order valence-corrected chi connectivity index (χ4v) is 3.40. The molecule has 0 spiro atoms. The Labute approximate surface area is 100 Å². The summed E-state index contributed by atoms with van der Waals surface area (Å²) >= 11 is 3.30. The van der Waals surface area contributed by atoms with Gasteiger partial charge in [0.05, 0.1) is 9.58 Å². The molecule has 3 heterocycles. The summed E-state index contributed by atoms with van der Waals surface area (Å²) in [6, 6.07) is 3.93. The zero-order valence-electron chi connectivity index (χ0n) is 8.51.